The minimum atomic E-state index is -0.218. The van der Waals surface area contributed by atoms with Crippen LogP contribution in [0.2, 0.25) is 0 Å². The van der Waals surface area contributed by atoms with Gasteiger partial charge in [0.05, 0.1) is 0 Å². The van der Waals surface area contributed by atoms with E-state index in [0.717, 1.165) is 11.3 Å². The maximum atomic E-state index is 11.5. The molecule has 6 heteroatoms. The molecule has 6 nitrogen and oxygen atoms in total. The molecule has 0 aliphatic rings. The molecule has 104 valence electrons. The second-order valence-corrected chi connectivity index (χ2v) is 4.26. The number of carbonyl (C=O) groups is 1. The SMILES string of the molecule is CCNC(=O)c1ccc(NCc2ccc(N)cc2)nn1. The van der Waals surface area contributed by atoms with Crippen molar-refractivity contribution in [3.05, 3.63) is 47.7 Å². The molecular formula is C14H17N5O. The van der Waals surface area contributed by atoms with Crippen molar-refractivity contribution in [3.63, 3.8) is 0 Å². The molecule has 1 heterocycles. The van der Waals surface area contributed by atoms with Crippen molar-refractivity contribution in [2.45, 2.75) is 13.5 Å². The number of hydrogen-bond donors (Lipinski definition) is 3. The van der Waals surface area contributed by atoms with Crippen LogP contribution in [0.25, 0.3) is 0 Å². The predicted octanol–water partition coefficient (Wildman–Crippen LogP) is 1.42. The summed E-state index contributed by atoms with van der Waals surface area (Å²) in [4.78, 5) is 11.5. The lowest BCUT2D eigenvalue weighted by Gasteiger charge is -2.06. The van der Waals surface area contributed by atoms with E-state index >= 15 is 0 Å². The van der Waals surface area contributed by atoms with Gasteiger partial charge in [0.1, 0.15) is 5.82 Å². The minimum Gasteiger partial charge on any atom is -0.399 e. The van der Waals surface area contributed by atoms with Gasteiger partial charge < -0.3 is 16.4 Å². The van der Waals surface area contributed by atoms with Gasteiger partial charge in [-0.05, 0) is 36.8 Å². The van der Waals surface area contributed by atoms with Crippen LogP contribution in [0.5, 0.6) is 0 Å². The number of amides is 1. The topological polar surface area (TPSA) is 92.9 Å². The number of aromatic nitrogens is 2. The van der Waals surface area contributed by atoms with Crippen LogP contribution in [-0.4, -0.2) is 22.6 Å². The largest absolute Gasteiger partial charge is 0.399 e. The van der Waals surface area contributed by atoms with E-state index in [9.17, 15) is 4.79 Å². The van der Waals surface area contributed by atoms with E-state index in [1.165, 1.54) is 0 Å². The van der Waals surface area contributed by atoms with E-state index in [4.69, 9.17) is 5.73 Å². The van der Waals surface area contributed by atoms with Crippen LogP contribution in [0.4, 0.5) is 11.5 Å². The van der Waals surface area contributed by atoms with Crippen molar-refractivity contribution in [1.29, 1.82) is 0 Å². The van der Waals surface area contributed by atoms with Gasteiger partial charge in [0.15, 0.2) is 5.69 Å². The number of anilines is 2. The first-order valence-electron chi connectivity index (χ1n) is 6.39. The number of nitrogen functional groups attached to an aromatic ring is 1. The molecule has 0 bridgehead atoms. The zero-order valence-corrected chi connectivity index (χ0v) is 11.3. The number of nitrogens with one attached hydrogen (secondary N) is 2. The van der Waals surface area contributed by atoms with E-state index < -0.39 is 0 Å². The summed E-state index contributed by atoms with van der Waals surface area (Å²) in [6.07, 6.45) is 0. The van der Waals surface area contributed by atoms with Crippen molar-refractivity contribution in [2.75, 3.05) is 17.6 Å². The van der Waals surface area contributed by atoms with E-state index in [2.05, 4.69) is 20.8 Å². The molecule has 1 aromatic heterocycles. The summed E-state index contributed by atoms with van der Waals surface area (Å²) in [5.74, 6) is 0.403. The summed E-state index contributed by atoms with van der Waals surface area (Å²) >= 11 is 0. The minimum absolute atomic E-state index is 0.218. The predicted molar refractivity (Wildman–Crippen MR) is 78.2 cm³/mol. The van der Waals surface area contributed by atoms with E-state index in [1.54, 1.807) is 12.1 Å². The van der Waals surface area contributed by atoms with Gasteiger partial charge in [0.2, 0.25) is 0 Å². The molecule has 0 saturated carbocycles. The Labute approximate surface area is 117 Å². The van der Waals surface area contributed by atoms with E-state index in [-0.39, 0.29) is 5.91 Å². The van der Waals surface area contributed by atoms with Crippen LogP contribution in [0, 0.1) is 0 Å². The summed E-state index contributed by atoms with van der Waals surface area (Å²) < 4.78 is 0. The van der Waals surface area contributed by atoms with Crippen molar-refractivity contribution in [1.82, 2.24) is 15.5 Å². The molecule has 20 heavy (non-hydrogen) atoms. The molecule has 1 aromatic carbocycles. The summed E-state index contributed by atoms with van der Waals surface area (Å²) in [5, 5.41) is 13.7. The van der Waals surface area contributed by atoms with Gasteiger partial charge in [-0.3, -0.25) is 4.79 Å². The molecule has 2 rings (SSSR count). The van der Waals surface area contributed by atoms with Crippen molar-refractivity contribution < 1.29 is 4.79 Å². The highest BCUT2D eigenvalue weighted by Crippen LogP contribution is 2.08. The molecule has 4 N–H and O–H groups in total. The van der Waals surface area contributed by atoms with Crippen molar-refractivity contribution >= 4 is 17.4 Å². The summed E-state index contributed by atoms with van der Waals surface area (Å²) in [6.45, 7) is 3.04. The molecular weight excluding hydrogens is 254 g/mol. The van der Waals surface area contributed by atoms with Gasteiger partial charge in [-0.1, -0.05) is 12.1 Å². The molecule has 0 radical (unpaired) electrons. The number of benzene rings is 1. The Morgan fingerprint density at radius 3 is 2.50 bits per heavy atom. The highest BCUT2D eigenvalue weighted by Gasteiger charge is 2.06. The van der Waals surface area contributed by atoms with Gasteiger partial charge in [0, 0.05) is 18.8 Å². The average molecular weight is 271 g/mol. The van der Waals surface area contributed by atoms with Crippen LogP contribution < -0.4 is 16.4 Å². The van der Waals surface area contributed by atoms with Crippen LogP contribution in [0.3, 0.4) is 0 Å². The third kappa shape index (κ3) is 3.68. The molecule has 0 saturated heterocycles. The second kappa shape index (κ2) is 6.51. The zero-order chi connectivity index (χ0) is 14.4. The second-order valence-electron chi connectivity index (χ2n) is 4.26. The molecule has 1 amide bonds. The molecule has 0 unspecified atom stereocenters. The number of carbonyl (C=O) groups excluding carboxylic acids is 1. The Hall–Kier alpha value is -2.63. The van der Waals surface area contributed by atoms with E-state index in [1.807, 2.05) is 31.2 Å². The molecule has 0 atom stereocenters. The van der Waals surface area contributed by atoms with Gasteiger partial charge in [0.25, 0.3) is 5.91 Å². The smallest absolute Gasteiger partial charge is 0.271 e. The molecule has 0 aliphatic heterocycles. The fraction of sp³-hybridized carbons (Fsp3) is 0.214. The van der Waals surface area contributed by atoms with Crippen LogP contribution in [0.15, 0.2) is 36.4 Å². The maximum absolute atomic E-state index is 11.5. The van der Waals surface area contributed by atoms with Crippen molar-refractivity contribution in [2.24, 2.45) is 0 Å². The van der Waals surface area contributed by atoms with E-state index in [0.29, 0.717) is 24.6 Å². The summed E-state index contributed by atoms with van der Waals surface area (Å²) in [5.41, 5.74) is 7.76. The quantitative estimate of drug-likeness (QED) is 0.715. The molecule has 0 aliphatic carbocycles. The number of hydrogen-bond acceptors (Lipinski definition) is 5. The van der Waals surface area contributed by atoms with Gasteiger partial charge in [-0.25, -0.2) is 0 Å². The van der Waals surface area contributed by atoms with Crippen LogP contribution in [-0.2, 0) is 6.54 Å². The Bertz CT molecular complexity index is 565. The fourth-order valence-electron chi connectivity index (χ4n) is 1.63. The molecule has 0 spiro atoms. The third-order valence-electron chi connectivity index (χ3n) is 2.69. The number of nitrogens with zero attached hydrogens (tertiary/aromatic N) is 2. The standard InChI is InChI=1S/C14H17N5O/c1-2-16-14(20)12-7-8-13(19-18-12)17-9-10-3-5-11(15)6-4-10/h3-8H,2,9,15H2,1H3,(H,16,20)(H,17,19). The summed E-state index contributed by atoms with van der Waals surface area (Å²) in [6, 6.07) is 11.0. The van der Waals surface area contributed by atoms with Gasteiger partial charge in [-0.15, -0.1) is 10.2 Å². The van der Waals surface area contributed by atoms with Crippen LogP contribution in [0.1, 0.15) is 23.0 Å². The number of rotatable bonds is 5. The monoisotopic (exact) mass is 271 g/mol. The van der Waals surface area contributed by atoms with Gasteiger partial charge in [-0.2, -0.15) is 0 Å². The highest BCUT2D eigenvalue weighted by atomic mass is 16.1. The maximum Gasteiger partial charge on any atom is 0.271 e. The highest BCUT2D eigenvalue weighted by molar-refractivity contribution is 5.92. The average Bonchev–Trinajstić information content (AvgIpc) is 2.47. The Morgan fingerprint density at radius 1 is 1.15 bits per heavy atom. The third-order valence-corrected chi connectivity index (χ3v) is 2.69. The lowest BCUT2D eigenvalue weighted by atomic mass is 10.2. The normalized spacial score (nSPS) is 10.1. The first-order chi connectivity index (χ1) is 9.69. The lowest BCUT2D eigenvalue weighted by molar-refractivity contribution is 0.0950. The lowest BCUT2D eigenvalue weighted by Crippen LogP contribution is -2.24. The molecule has 0 fully saturated rings. The van der Waals surface area contributed by atoms with Gasteiger partial charge >= 0.3 is 0 Å². The van der Waals surface area contributed by atoms with Crippen LogP contribution >= 0.6 is 0 Å². The molecule has 2 aromatic rings. The van der Waals surface area contributed by atoms with Crippen molar-refractivity contribution in [3.8, 4) is 0 Å². The summed E-state index contributed by atoms with van der Waals surface area (Å²) in [7, 11) is 0. The first kappa shape index (κ1) is 13.8. The Morgan fingerprint density at radius 2 is 1.90 bits per heavy atom. The first-order valence-corrected chi connectivity index (χ1v) is 6.39. The fourth-order valence-corrected chi connectivity index (χ4v) is 1.63. The Balaban J connectivity index is 1.93. The Kier molecular flexibility index (Phi) is 4.49. The zero-order valence-electron chi connectivity index (χ0n) is 11.3. The number of nitrogens with two attached hydrogens (primary N) is 1.